The first-order valence-electron chi connectivity index (χ1n) is 5.91. The van der Waals surface area contributed by atoms with E-state index in [2.05, 4.69) is 0 Å². The van der Waals surface area contributed by atoms with E-state index < -0.39 is 5.82 Å². The topological polar surface area (TPSA) is 44.5 Å². The van der Waals surface area contributed by atoms with Crippen molar-refractivity contribution < 1.29 is 13.9 Å². The Morgan fingerprint density at radius 3 is 2.47 bits per heavy atom. The predicted molar refractivity (Wildman–Crippen MR) is 72.9 cm³/mol. The van der Waals surface area contributed by atoms with Crippen molar-refractivity contribution in [1.29, 1.82) is 0 Å². The highest BCUT2D eigenvalue weighted by molar-refractivity contribution is 5.50. The molecule has 0 saturated carbocycles. The zero-order valence-corrected chi connectivity index (χ0v) is 10.9. The Kier molecular flexibility index (Phi) is 3.90. The second kappa shape index (κ2) is 5.61. The van der Waals surface area contributed by atoms with Crippen LogP contribution in [0.2, 0.25) is 0 Å². The van der Waals surface area contributed by atoms with Gasteiger partial charge in [0.1, 0.15) is 12.4 Å². The first kappa shape index (κ1) is 13.2. The Morgan fingerprint density at radius 1 is 1.16 bits per heavy atom. The van der Waals surface area contributed by atoms with Gasteiger partial charge in [-0.25, -0.2) is 4.39 Å². The molecule has 4 heteroatoms. The number of anilines is 1. The molecule has 0 aliphatic carbocycles. The molecule has 19 heavy (non-hydrogen) atoms. The van der Waals surface area contributed by atoms with E-state index in [1.54, 1.807) is 13.2 Å². The predicted octanol–water partition coefficient (Wildman–Crippen LogP) is 3.30. The Labute approximate surface area is 111 Å². The number of hydrogen-bond donors (Lipinski definition) is 1. The van der Waals surface area contributed by atoms with Crippen LogP contribution < -0.4 is 15.2 Å². The first-order valence-corrected chi connectivity index (χ1v) is 5.91. The third kappa shape index (κ3) is 3.16. The molecule has 0 spiro atoms. The van der Waals surface area contributed by atoms with E-state index in [1.807, 2.05) is 31.2 Å². The summed E-state index contributed by atoms with van der Waals surface area (Å²) in [5.41, 5.74) is 7.78. The fraction of sp³-hybridized carbons (Fsp3) is 0.200. The van der Waals surface area contributed by atoms with Crippen LogP contribution in [-0.4, -0.2) is 7.11 Å². The second-order valence-corrected chi connectivity index (χ2v) is 4.28. The highest BCUT2D eigenvalue weighted by atomic mass is 19.1. The summed E-state index contributed by atoms with van der Waals surface area (Å²) >= 11 is 0. The molecule has 0 aliphatic heterocycles. The van der Waals surface area contributed by atoms with Crippen LogP contribution in [0.15, 0.2) is 36.4 Å². The lowest BCUT2D eigenvalue weighted by Crippen LogP contribution is -2.00. The smallest absolute Gasteiger partial charge is 0.167 e. The highest BCUT2D eigenvalue weighted by Crippen LogP contribution is 2.24. The van der Waals surface area contributed by atoms with Crippen molar-refractivity contribution in [2.24, 2.45) is 0 Å². The van der Waals surface area contributed by atoms with Crippen LogP contribution in [-0.2, 0) is 6.61 Å². The number of aryl methyl sites for hydroxylation is 1. The molecule has 0 fully saturated rings. The quantitative estimate of drug-likeness (QED) is 0.859. The molecule has 0 amide bonds. The fourth-order valence-electron chi connectivity index (χ4n) is 1.66. The molecular formula is C15H16FNO2. The Balaban J connectivity index is 2.07. The van der Waals surface area contributed by atoms with Gasteiger partial charge in [0, 0.05) is 11.8 Å². The molecule has 0 bridgehead atoms. The summed E-state index contributed by atoms with van der Waals surface area (Å²) in [6.45, 7) is 2.11. The van der Waals surface area contributed by atoms with Crippen LogP contribution in [0.25, 0.3) is 0 Å². The minimum absolute atomic E-state index is 0.211. The number of nitrogen functional groups attached to an aromatic ring is 1. The third-order valence-electron chi connectivity index (χ3n) is 2.87. The molecule has 100 valence electrons. The largest absolute Gasteiger partial charge is 0.497 e. The van der Waals surface area contributed by atoms with Gasteiger partial charge in [-0.3, -0.25) is 0 Å². The molecule has 0 unspecified atom stereocenters. The van der Waals surface area contributed by atoms with Crippen LogP contribution in [0.1, 0.15) is 11.1 Å². The highest BCUT2D eigenvalue weighted by Gasteiger charge is 2.07. The molecule has 2 aromatic rings. The van der Waals surface area contributed by atoms with Crippen LogP contribution in [0.3, 0.4) is 0 Å². The molecular weight excluding hydrogens is 245 g/mol. The third-order valence-corrected chi connectivity index (χ3v) is 2.87. The van der Waals surface area contributed by atoms with Crippen molar-refractivity contribution in [2.45, 2.75) is 13.5 Å². The van der Waals surface area contributed by atoms with E-state index in [0.29, 0.717) is 12.3 Å². The van der Waals surface area contributed by atoms with Crippen LogP contribution in [0.4, 0.5) is 10.1 Å². The van der Waals surface area contributed by atoms with E-state index in [1.165, 1.54) is 6.07 Å². The molecule has 0 aliphatic rings. The Hall–Kier alpha value is -2.23. The van der Waals surface area contributed by atoms with E-state index in [-0.39, 0.29) is 5.75 Å². The lowest BCUT2D eigenvalue weighted by molar-refractivity contribution is 0.290. The maximum absolute atomic E-state index is 13.6. The zero-order chi connectivity index (χ0) is 13.8. The van der Waals surface area contributed by atoms with Crippen molar-refractivity contribution in [2.75, 3.05) is 12.8 Å². The van der Waals surface area contributed by atoms with Crippen LogP contribution >= 0.6 is 0 Å². The van der Waals surface area contributed by atoms with Gasteiger partial charge in [-0.1, -0.05) is 12.1 Å². The van der Waals surface area contributed by atoms with Gasteiger partial charge in [-0.15, -0.1) is 0 Å². The SMILES string of the molecule is COc1ccc(COc2cc(C)c(N)cc2F)cc1. The minimum atomic E-state index is -0.448. The van der Waals surface area contributed by atoms with Crippen molar-refractivity contribution in [3.8, 4) is 11.5 Å². The molecule has 0 atom stereocenters. The van der Waals surface area contributed by atoms with Crippen LogP contribution in [0.5, 0.6) is 11.5 Å². The summed E-state index contributed by atoms with van der Waals surface area (Å²) in [5, 5.41) is 0. The van der Waals surface area contributed by atoms with Gasteiger partial charge in [0.15, 0.2) is 11.6 Å². The molecule has 0 saturated heterocycles. The number of ether oxygens (including phenoxy) is 2. The molecule has 2 rings (SSSR count). The number of hydrogen-bond acceptors (Lipinski definition) is 3. The number of methoxy groups -OCH3 is 1. The normalized spacial score (nSPS) is 10.3. The van der Waals surface area contributed by atoms with Gasteiger partial charge in [0.2, 0.25) is 0 Å². The maximum atomic E-state index is 13.6. The Morgan fingerprint density at radius 2 is 1.84 bits per heavy atom. The molecule has 3 nitrogen and oxygen atoms in total. The van der Waals surface area contributed by atoms with Gasteiger partial charge < -0.3 is 15.2 Å². The van der Waals surface area contributed by atoms with Gasteiger partial charge in [-0.05, 0) is 36.2 Å². The summed E-state index contributed by atoms with van der Waals surface area (Å²) in [6.07, 6.45) is 0. The van der Waals surface area contributed by atoms with Crippen molar-refractivity contribution >= 4 is 5.69 Å². The monoisotopic (exact) mass is 261 g/mol. The van der Waals surface area contributed by atoms with Crippen LogP contribution in [0, 0.1) is 12.7 Å². The standard InChI is InChI=1S/C15H16FNO2/c1-10-7-15(13(16)8-14(10)17)19-9-11-3-5-12(18-2)6-4-11/h3-8H,9,17H2,1-2H3. The summed E-state index contributed by atoms with van der Waals surface area (Å²) < 4.78 is 24.2. The number of nitrogens with two attached hydrogens (primary N) is 1. The van der Waals surface area contributed by atoms with Gasteiger partial charge >= 0.3 is 0 Å². The Bertz CT molecular complexity index is 567. The van der Waals surface area contributed by atoms with E-state index in [0.717, 1.165) is 16.9 Å². The average Bonchev–Trinajstić information content (AvgIpc) is 2.42. The molecule has 2 N–H and O–H groups in total. The molecule has 2 aromatic carbocycles. The summed E-state index contributed by atoms with van der Waals surface area (Å²) in [6, 6.07) is 10.3. The van der Waals surface area contributed by atoms with E-state index in [4.69, 9.17) is 15.2 Å². The van der Waals surface area contributed by atoms with Crippen molar-refractivity contribution in [1.82, 2.24) is 0 Å². The average molecular weight is 261 g/mol. The lowest BCUT2D eigenvalue weighted by Gasteiger charge is -2.10. The number of benzene rings is 2. The second-order valence-electron chi connectivity index (χ2n) is 4.28. The van der Waals surface area contributed by atoms with Gasteiger partial charge in [0.05, 0.1) is 7.11 Å². The van der Waals surface area contributed by atoms with E-state index in [9.17, 15) is 4.39 Å². The molecule has 0 radical (unpaired) electrons. The maximum Gasteiger partial charge on any atom is 0.167 e. The number of halogens is 1. The summed E-state index contributed by atoms with van der Waals surface area (Å²) in [4.78, 5) is 0. The van der Waals surface area contributed by atoms with Crippen molar-refractivity contribution in [3.63, 3.8) is 0 Å². The number of rotatable bonds is 4. The zero-order valence-electron chi connectivity index (χ0n) is 10.9. The van der Waals surface area contributed by atoms with Gasteiger partial charge in [-0.2, -0.15) is 0 Å². The van der Waals surface area contributed by atoms with Gasteiger partial charge in [0.25, 0.3) is 0 Å². The van der Waals surface area contributed by atoms with Crippen molar-refractivity contribution in [3.05, 3.63) is 53.3 Å². The molecule has 0 aromatic heterocycles. The van der Waals surface area contributed by atoms with E-state index >= 15 is 0 Å². The lowest BCUT2D eigenvalue weighted by atomic mass is 10.2. The summed E-state index contributed by atoms with van der Waals surface area (Å²) in [7, 11) is 1.61. The minimum Gasteiger partial charge on any atom is -0.497 e. The summed E-state index contributed by atoms with van der Waals surface area (Å²) in [5.74, 6) is 0.539. The molecule has 0 heterocycles. The first-order chi connectivity index (χ1) is 9.10. The fourth-order valence-corrected chi connectivity index (χ4v) is 1.66.